The molecule has 2 amide bonds. The number of carbonyl (C=O) groups excluding carboxylic acids is 2. The van der Waals surface area contributed by atoms with Crippen molar-refractivity contribution in [3.63, 3.8) is 0 Å². The van der Waals surface area contributed by atoms with E-state index in [2.05, 4.69) is 5.32 Å². The summed E-state index contributed by atoms with van der Waals surface area (Å²) in [6.45, 7) is 4.80. The Kier molecular flexibility index (Phi) is 6.05. The second-order valence-corrected chi connectivity index (χ2v) is 9.09. The molecular weight excluding hydrogens is 356 g/mol. The molecule has 1 aliphatic heterocycles. The SMILES string of the molecule is CC(=O)Nc1ccc(S(=O)(=O)N(C)CC(=O)N2CCC(C)(CN)C2)cc1. The number of hydrogen-bond donors (Lipinski definition) is 2. The molecule has 9 heteroatoms. The third kappa shape index (κ3) is 4.60. The lowest BCUT2D eigenvalue weighted by Crippen LogP contribution is -2.41. The number of sulfonamides is 1. The van der Waals surface area contributed by atoms with Crippen molar-refractivity contribution in [2.24, 2.45) is 11.1 Å². The number of benzene rings is 1. The number of amides is 2. The third-order valence-corrected chi connectivity index (χ3v) is 6.46. The minimum Gasteiger partial charge on any atom is -0.341 e. The monoisotopic (exact) mass is 382 g/mol. The van der Waals surface area contributed by atoms with Gasteiger partial charge in [-0.2, -0.15) is 4.31 Å². The Morgan fingerprint density at radius 2 is 1.92 bits per heavy atom. The summed E-state index contributed by atoms with van der Waals surface area (Å²) in [5.74, 6) is -0.471. The van der Waals surface area contributed by atoms with E-state index >= 15 is 0 Å². The molecule has 0 spiro atoms. The van der Waals surface area contributed by atoms with Gasteiger partial charge in [-0.15, -0.1) is 0 Å². The van der Waals surface area contributed by atoms with E-state index in [0.29, 0.717) is 25.3 Å². The number of carbonyl (C=O) groups is 2. The van der Waals surface area contributed by atoms with Crippen LogP contribution in [0.15, 0.2) is 29.2 Å². The Morgan fingerprint density at radius 3 is 2.42 bits per heavy atom. The van der Waals surface area contributed by atoms with E-state index in [1.807, 2.05) is 6.92 Å². The number of rotatable bonds is 6. The standard InChI is InChI=1S/C17H26N4O4S/c1-13(22)19-14-4-6-15(7-5-14)26(24,25)20(3)10-16(23)21-9-8-17(2,11-18)12-21/h4-7H,8-12,18H2,1-3H3,(H,19,22). The van der Waals surface area contributed by atoms with Gasteiger partial charge in [-0.05, 0) is 42.6 Å². The van der Waals surface area contributed by atoms with Crippen LogP contribution in [0.1, 0.15) is 20.3 Å². The number of nitrogens with one attached hydrogen (secondary N) is 1. The Hall–Kier alpha value is -1.97. The summed E-state index contributed by atoms with van der Waals surface area (Å²) >= 11 is 0. The first-order chi connectivity index (χ1) is 12.1. The highest BCUT2D eigenvalue weighted by molar-refractivity contribution is 7.89. The van der Waals surface area contributed by atoms with Gasteiger partial charge in [0, 0.05) is 32.7 Å². The molecule has 144 valence electrons. The second kappa shape index (κ2) is 7.73. The molecule has 1 heterocycles. The second-order valence-electron chi connectivity index (χ2n) is 7.05. The van der Waals surface area contributed by atoms with Gasteiger partial charge in [-0.1, -0.05) is 6.92 Å². The summed E-state index contributed by atoms with van der Waals surface area (Å²) in [6.07, 6.45) is 0.816. The summed E-state index contributed by atoms with van der Waals surface area (Å²) in [7, 11) is -2.41. The van der Waals surface area contributed by atoms with Crippen molar-refractivity contribution < 1.29 is 18.0 Å². The fraction of sp³-hybridized carbons (Fsp3) is 0.529. The molecule has 1 aromatic carbocycles. The molecule has 1 aromatic rings. The van der Waals surface area contributed by atoms with Crippen molar-refractivity contribution in [1.29, 1.82) is 0 Å². The maximum atomic E-state index is 12.6. The zero-order valence-corrected chi connectivity index (χ0v) is 16.2. The lowest BCUT2D eigenvalue weighted by atomic mass is 9.90. The normalized spacial score (nSPS) is 20.4. The number of nitrogens with zero attached hydrogens (tertiary/aromatic N) is 2. The number of likely N-dealkylation sites (N-methyl/N-ethyl adjacent to an activating group) is 1. The predicted octanol–water partition coefficient (Wildman–Crippen LogP) is 0.463. The lowest BCUT2D eigenvalue weighted by molar-refractivity contribution is -0.130. The summed E-state index contributed by atoms with van der Waals surface area (Å²) in [5.41, 5.74) is 6.15. The zero-order chi connectivity index (χ0) is 19.5. The van der Waals surface area contributed by atoms with E-state index in [1.165, 1.54) is 38.2 Å². The van der Waals surface area contributed by atoms with Crippen molar-refractivity contribution >= 4 is 27.5 Å². The van der Waals surface area contributed by atoms with Crippen LogP contribution in [-0.4, -0.2) is 62.7 Å². The Bertz CT molecular complexity index is 778. The molecular formula is C17H26N4O4S. The first-order valence-electron chi connectivity index (χ1n) is 8.39. The van der Waals surface area contributed by atoms with Crippen LogP contribution in [0.2, 0.25) is 0 Å². The molecule has 0 saturated carbocycles. The Balaban J connectivity index is 2.04. The van der Waals surface area contributed by atoms with Crippen molar-refractivity contribution in [1.82, 2.24) is 9.21 Å². The van der Waals surface area contributed by atoms with Gasteiger partial charge in [0.25, 0.3) is 0 Å². The molecule has 0 aromatic heterocycles. The van der Waals surface area contributed by atoms with Crippen LogP contribution in [0.4, 0.5) is 5.69 Å². The molecule has 8 nitrogen and oxygen atoms in total. The smallest absolute Gasteiger partial charge is 0.243 e. The van der Waals surface area contributed by atoms with Gasteiger partial charge in [0.2, 0.25) is 21.8 Å². The van der Waals surface area contributed by atoms with Crippen LogP contribution in [0, 0.1) is 5.41 Å². The highest BCUT2D eigenvalue weighted by atomic mass is 32.2. The van der Waals surface area contributed by atoms with Gasteiger partial charge in [-0.25, -0.2) is 8.42 Å². The first kappa shape index (κ1) is 20.3. The van der Waals surface area contributed by atoms with Gasteiger partial charge >= 0.3 is 0 Å². The van der Waals surface area contributed by atoms with Gasteiger partial charge in [0.1, 0.15) is 0 Å². The zero-order valence-electron chi connectivity index (χ0n) is 15.4. The van der Waals surface area contributed by atoms with E-state index in [9.17, 15) is 18.0 Å². The average molecular weight is 382 g/mol. The summed E-state index contributed by atoms with van der Waals surface area (Å²) in [6, 6.07) is 5.83. The van der Waals surface area contributed by atoms with Gasteiger partial charge in [0.15, 0.2) is 0 Å². The maximum Gasteiger partial charge on any atom is 0.243 e. The third-order valence-electron chi connectivity index (χ3n) is 4.64. The fourth-order valence-electron chi connectivity index (χ4n) is 2.87. The fourth-order valence-corrected chi connectivity index (χ4v) is 3.99. The minimum atomic E-state index is -3.79. The summed E-state index contributed by atoms with van der Waals surface area (Å²) in [4.78, 5) is 25.2. The minimum absolute atomic E-state index is 0.0649. The topological polar surface area (TPSA) is 113 Å². The van der Waals surface area contributed by atoms with Crippen LogP contribution in [-0.2, 0) is 19.6 Å². The van der Waals surface area contributed by atoms with Gasteiger partial charge < -0.3 is 16.0 Å². The van der Waals surface area contributed by atoms with Crippen LogP contribution >= 0.6 is 0 Å². The quantitative estimate of drug-likeness (QED) is 0.742. The van der Waals surface area contributed by atoms with Crippen molar-refractivity contribution in [2.75, 3.05) is 38.5 Å². The van der Waals surface area contributed by atoms with E-state index in [0.717, 1.165) is 10.7 Å². The van der Waals surface area contributed by atoms with Crippen molar-refractivity contribution in [3.8, 4) is 0 Å². The number of anilines is 1. The average Bonchev–Trinajstić information content (AvgIpc) is 2.98. The molecule has 1 saturated heterocycles. The number of likely N-dealkylation sites (tertiary alicyclic amines) is 1. The van der Waals surface area contributed by atoms with Crippen LogP contribution in [0.3, 0.4) is 0 Å². The number of nitrogens with two attached hydrogens (primary N) is 1. The predicted molar refractivity (Wildman–Crippen MR) is 98.9 cm³/mol. The summed E-state index contributed by atoms with van der Waals surface area (Å²) < 4.78 is 26.3. The van der Waals surface area contributed by atoms with E-state index in [-0.39, 0.29) is 28.7 Å². The van der Waals surface area contributed by atoms with Gasteiger partial charge in [0.05, 0.1) is 11.4 Å². The maximum absolute atomic E-state index is 12.6. The number of hydrogen-bond acceptors (Lipinski definition) is 5. The van der Waals surface area contributed by atoms with Crippen molar-refractivity contribution in [3.05, 3.63) is 24.3 Å². The lowest BCUT2D eigenvalue weighted by Gasteiger charge is -2.24. The van der Waals surface area contributed by atoms with Crippen LogP contribution in [0.25, 0.3) is 0 Å². The highest BCUT2D eigenvalue weighted by Crippen LogP contribution is 2.28. The van der Waals surface area contributed by atoms with Gasteiger partial charge in [-0.3, -0.25) is 9.59 Å². The van der Waals surface area contributed by atoms with E-state index in [1.54, 1.807) is 4.90 Å². The van der Waals surface area contributed by atoms with Crippen LogP contribution in [0.5, 0.6) is 0 Å². The van der Waals surface area contributed by atoms with Crippen molar-refractivity contribution in [2.45, 2.75) is 25.2 Å². The largest absolute Gasteiger partial charge is 0.341 e. The molecule has 0 radical (unpaired) electrons. The first-order valence-corrected chi connectivity index (χ1v) is 9.83. The molecule has 1 atom stereocenters. The molecule has 0 aliphatic carbocycles. The molecule has 1 aliphatic rings. The Labute approximate surface area is 154 Å². The molecule has 2 rings (SSSR count). The van der Waals surface area contributed by atoms with E-state index < -0.39 is 10.0 Å². The summed E-state index contributed by atoms with van der Waals surface area (Å²) in [5, 5.41) is 2.58. The molecule has 1 unspecified atom stereocenters. The highest BCUT2D eigenvalue weighted by Gasteiger charge is 2.36. The molecule has 3 N–H and O–H groups in total. The van der Waals surface area contributed by atoms with E-state index in [4.69, 9.17) is 5.73 Å². The molecule has 0 bridgehead atoms. The van der Waals surface area contributed by atoms with Crippen LogP contribution < -0.4 is 11.1 Å². The Morgan fingerprint density at radius 1 is 1.31 bits per heavy atom. The molecule has 26 heavy (non-hydrogen) atoms. The molecule has 1 fully saturated rings.